The third-order valence-electron chi connectivity index (χ3n) is 12.4. The fraction of sp³-hybridized carbons (Fsp3) is 0.705. The highest BCUT2D eigenvalue weighted by Gasteiger charge is 2.50. The second kappa shape index (κ2) is 48.8. The number of hydrogen-bond donors (Lipinski definition) is 3. The topological polar surface area (TPSA) is 175 Å². The predicted molar refractivity (Wildman–Crippen MR) is 294 cm³/mol. The molecule has 1 aliphatic rings. The quantitative estimate of drug-likeness (QED) is 0.0228. The molecule has 0 radical (unpaired) electrons. The van der Waals surface area contributed by atoms with Crippen molar-refractivity contribution in [3.63, 3.8) is 0 Å². The molecule has 0 saturated carbocycles. The van der Waals surface area contributed by atoms with Crippen molar-refractivity contribution in [3.05, 3.63) is 85.1 Å². The molecule has 0 aromatic rings. The Morgan fingerprint density at radius 3 is 1.41 bits per heavy atom. The summed E-state index contributed by atoms with van der Waals surface area (Å²) < 4.78 is 28.3. The van der Waals surface area contributed by atoms with Crippen molar-refractivity contribution < 1.29 is 58.2 Å². The fourth-order valence-electron chi connectivity index (χ4n) is 8.05. The van der Waals surface area contributed by atoms with Crippen molar-refractivity contribution in [2.45, 2.75) is 263 Å². The van der Waals surface area contributed by atoms with Crippen LogP contribution in [0.2, 0.25) is 0 Å². The van der Waals surface area contributed by atoms with E-state index in [1.54, 1.807) is 0 Å². The van der Waals surface area contributed by atoms with Gasteiger partial charge in [0.2, 0.25) is 0 Å². The molecular weight excluding hydrogens is 925 g/mol. The summed E-state index contributed by atoms with van der Waals surface area (Å²) in [6.45, 7) is 5.77. The number of aliphatic hydroxyl groups excluding tert-OH is 2. The Kier molecular flexibility index (Phi) is 44.7. The van der Waals surface area contributed by atoms with Crippen LogP contribution in [0.3, 0.4) is 0 Å². The van der Waals surface area contributed by atoms with Gasteiger partial charge in [0, 0.05) is 19.3 Å². The molecule has 73 heavy (non-hydrogen) atoms. The van der Waals surface area contributed by atoms with E-state index in [-0.39, 0.29) is 25.9 Å². The van der Waals surface area contributed by atoms with Gasteiger partial charge in [-0.25, -0.2) is 4.79 Å². The van der Waals surface area contributed by atoms with Crippen molar-refractivity contribution >= 4 is 23.9 Å². The summed E-state index contributed by atoms with van der Waals surface area (Å²) in [4.78, 5) is 51.0. The van der Waals surface area contributed by atoms with Crippen LogP contribution in [0.4, 0.5) is 0 Å². The third-order valence-corrected chi connectivity index (χ3v) is 12.4. The van der Waals surface area contributed by atoms with Crippen LogP contribution in [0.25, 0.3) is 0 Å². The minimum atomic E-state index is -1.93. The number of hydrogen-bond acceptors (Lipinski definition) is 11. The van der Waals surface area contributed by atoms with Gasteiger partial charge < -0.3 is 39.0 Å². The van der Waals surface area contributed by atoms with Gasteiger partial charge >= 0.3 is 23.9 Å². The van der Waals surface area contributed by atoms with Gasteiger partial charge in [0.25, 0.3) is 0 Å². The number of carboxylic acids is 1. The van der Waals surface area contributed by atoms with E-state index >= 15 is 0 Å². The summed E-state index contributed by atoms with van der Waals surface area (Å²) in [7, 11) is 0. The average molecular weight is 1030 g/mol. The van der Waals surface area contributed by atoms with Crippen LogP contribution in [0.5, 0.6) is 0 Å². The largest absolute Gasteiger partial charge is 0.479 e. The summed E-state index contributed by atoms with van der Waals surface area (Å²) >= 11 is 0. The zero-order valence-electron chi connectivity index (χ0n) is 45.6. The van der Waals surface area contributed by atoms with Crippen LogP contribution >= 0.6 is 0 Å². The molecule has 416 valence electrons. The molecule has 1 saturated heterocycles. The summed E-state index contributed by atoms with van der Waals surface area (Å²) in [6, 6.07) is 0. The normalized spacial score (nSPS) is 18.9. The number of allylic oxidation sites excluding steroid dienone is 14. The van der Waals surface area contributed by atoms with E-state index < -0.39 is 67.3 Å². The van der Waals surface area contributed by atoms with Gasteiger partial charge in [-0.1, -0.05) is 189 Å². The molecule has 0 bridgehead atoms. The van der Waals surface area contributed by atoms with Crippen LogP contribution in [0.1, 0.15) is 226 Å². The first-order valence-electron chi connectivity index (χ1n) is 28.6. The Bertz CT molecular complexity index is 1590. The van der Waals surface area contributed by atoms with Crippen molar-refractivity contribution in [1.82, 2.24) is 0 Å². The second-order valence-corrected chi connectivity index (χ2v) is 19.2. The molecule has 12 nitrogen and oxygen atoms in total. The minimum absolute atomic E-state index is 0.0649. The molecule has 1 aliphatic heterocycles. The Hall–Kier alpha value is -4.10. The molecule has 6 unspecified atom stereocenters. The maximum absolute atomic E-state index is 13.1. The van der Waals surface area contributed by atoms with Crippen molar-refractivity contribution in [2.24, 2.45) is 0 Å². The van der Waals surface area contributed by atoms with E-state index in [0.717, 1.165) is 96.3 Å². The van der Waals surface area contributed by atoms with Crippen LogP contribution in [-0.4, -0.2) is 89.2 Å². The van der Waals surface area contributed by atoms with Gasteiger partial charge in [-0.15, -0.1) is 0 Å². The zero-order chi connectivity index (χ0) is 53.3. The third kappa shape index (κ3) is 39.0. The lowest BCUT2D eigenvalue weighted by Gasteiger charge is -2.40. The molecule has 0 aromatic carbocycles. The van der Waals surface area contributed by atoms with E-state index in [2.05, 4.69) is 87.6 Å². The number of rotatable bonds is 47. The molecule has 1 fully saturated rings. The van der Waals surface area contributed by atoms with Gasteiger partial charge in [-0.3, -0.25) is 14.4 Å². The highest BCUT2D eigenvalue weighted by atomic mass is 16.7. The van der Waals surface area contributed by atoms with Crippen molar-refractivity contribution in [2.75, 3.05) is 13.2 Å². The molecule has 0 aromatic heterocycles. The summed E-state index contributed by atoms with van der Waals surface area (Å²) in [5.41, 5.74) is 0. The first kappa shape index (κ1) is 66.9. The zero-order valence-corrected chi connectivity index (χ0v) is 45.6. The number of carbonyl (C=O) groups excluding carboxylic acids is 3. The summed E-state index contributed by atoms with van der Waals surface area (Å²) in [5, 5.41) is 31.4. The fourth-order valence-corrected chi connectivity index (χ4v) is 8.05. The first-order valence-corrected chi connectivity index (χ1v) is 28.6. The highest BCUT2D eigenvalue weighted by Crippen LogP contribution is 2.26. The smallest absolute Gasteiger partial charge is 0.335 e. The highest BCUT2D eigenvalue weighted by molar-refractivity contribution is 5.74. The molecule has 3 N–H and O–H groups in total. The number of unbranched alkanes of at least 4 members (excludes halogenated alkanes) is 19. The Morgan fingerprint density at radius 1 is 0.466 bits per heavy atom. The van der Waals surface area contributed by atoms with E-state index in [1.807, 2.05) is 18.2 Å². The van der Waals surface area contributed by atoms with Crippen LogP contribution in [0, 0.1) is 0 Å². The van der Waals surface area contributed by atoms with Crippen LogP contribution < -0.4 is 0 Å². The van der Waals surface area contributed by atoms with Gasteiger partial charge in [0.1, 0.15) is 18.8 Å². The Morgan fingerprint density at radius 2 is 0.890 bits per heavy atom. The maximum Gasteiger partial charge on any atom is 0.335 e. The SMILES string of the molecule is CC/C=C\C/C=C\C/C=C\C/C=C\CCC(=O)OC1C(OCC(COC(=O)CCCCCCCCC/C=C\C/C=C\CCCCC)OC(=O)CCCCCCC/C=C\CCCCCC)OC(C(=O)O)C(O)C1O. The van der Waals surface area contributed by atoms with E-state index in [1.165, 1.54) is 64.2 Å². The molecular formula is C61H100O12. The summed E-state index contributed by atoms with van der Waals surface area (Å²) in [5.74, 6) is -3.25. The standard InChI is InChI=1S/C61H100O12/c1-4-7-10-13-16-19-22-25-26-27-28-31-32-35-38-41-44-47-53(62)69-50-52(71-54(63)48-45-42-39-36-33-29-23-20-17-14-11-8-5-2)51-70-61-59(57(66)56(65)58(73-61)60(67)68)72-55(64)49-46-43-40-37-34-30-24-21-18-15-12-9-6-3/h9,12,16,18-21,23,25-26,30,34,40,43,52,56-59,61,65-66H,4-8,10-11,13-15,17,22,24,27-29,31-33,35-39,41-42,44-51H2,1-3H3,(H,67,68)/b12-9-,19-16-,21-18-,23-20-,26-25-,34-30-,43-40-. The molecule has 0 spiro atoms. The Labute approximate surface area is 441 Å². The predicted octanol–water partition coefficient (Wildman–Crippen LogP) is 14.3. The van der Waals surface area contributed by atoms with Crippen molar-refractivity contribution in [3.8, 4) is 0 Å². The number of aliphatic hydroxyl groups is 2. The van der Waals surface area contributed by atoms with E-state index in [4.69, 9.17) is 23.7 Å². The number of esters is 3. The molecule has 12 heteroatoms. The number of carboxylic acid groups (broad SMARTS) is 1. The maximum atomic E-state index is 13.1. The second-order valence-electron chi connectivity index (χ2n) is 19.2. The van der Waals surface area contributed by atoms with Crippen LogP contribution in [0.15, 0.2) is 85.1 Å². The minimum Gasteiger partial charge on any atom is -0.479 e. The molecule has 6 atom stereocenters. The number of carbonyl (C=O) groups is 4. The van der Waals surface area contributed by atoms with E-state index in [9.17, 15) is 34.5 Å². The number of aliphatic carboxylic acids is 1. The monoisotopic (exact) mass is 1020 g/mol. The van der Waals surface area contributed by atoms with Gasteiger partial charge in [0.05, 0.1) is 6.61 Å². The Balaban J connectivity index is 2.74. The number of ether oxygens (including phenoxy) is 5. The lowest BCUT2D eigenvalue weighted by molar-refractivity contribution is -0.301. The van der Waals surface area contributed by atoms with Gasteiger partial charge in [-0.05, 0) is 103 Å². The molecule has 0 amide bonds. The van der Waals surface area contributed by atoms with Crippen LogP contribution in [-0.2, 0) is 42.9 Å². The first-order chi connectivity index (χ1) is 35.6. The lowest BCUT2D eigenvalue weighted by atomic mass is 9.98. The summed E-state index contributed by atoms with van der Waals surface area (Å²) in [6.07, 6.45) is 50.0. The molecule has 1 heterocycles. The lowest BCUT2D eigenvalue weighted by Crippen LogP contribution is -2.61. The van der Waals surface area contributed by atoms with E-state index in [0.29, 0.717) is 25.7 Å². The molecule has 1 rings (SSSR count). The average Bonchev–Trinajstić information content (AvgIpc) is 3.37. The van der Waals surface area contributed by atoms with Crippen molar-refractivity contribution in [1.29, 1.82) is 0 Å². The molecule has 0 aliphatic carbocycles. The van der Waals surface area contributed by atoms with Gasteiger partial charge in [-0.2, -0.15) is 0 Å². The van der Waals surface area contributed by atoms with Gasteiger partial charge in [0.15, 0.2) is 24.6 Å².